The minimum atomic E-state index is -0.487. The molecule has 0 spiro atoms. The van der Waals surface area contributed by atoms with Crippen molar-refractivity contribution in [1.29, 1.82) is 5.41 Å². The third-order valence-corrected chi connectivity index (χ3v) is 7.80. The number of benzene rings is 2. The van der Waals surface area contributed by atoms with Gasteiger partial charge in [0.05, 0.1) is 6.04 Å². The highest BCUT2D eigenvalue weighted by molar-refractivity contribution is 5.98. The van der Waals surface area contributed by atoms with Gasteiger partial charge >= 0.3 is 0 Å². The summed E-state index contributed by atoms with van der Waals surface area (Å²) in [6.45, 7) is 4.73. The standard InChI is InChI=1S/C30H40N4O3/c1-3-15-32-25(16-21-9-5-4-6-10-21)30(37)34-26-12-8-7-11-23(26)18-27(34)29(36)33-19-22-13-14-24(20(2)31)28(35)17-22/h4-6,9-10,13-14,17,23,25-27,31-32,35H,3,7-8,11-12,15-16,18-19H2,1-2H3,(H,33,36)/t23-,25+,26-,27-/m0/s1. The molecule has 2 aliphatic rings. The average Bonchev–Trinajstić information content (AvgIpc) is 3.29. The van der Waals surface area contributed by atoms with Crippen LogP contribution in [0.1, 0.15) is 69.1 Å². The summed E-state index contributed by atoms with van der Waals surface area (Å²) < 4.78 is 0. The summed E-state index contributed by atoms with van der Waals surface area (Å²) in [6, 6.07) is 14.4. The molecule has 1 saturated carbocycles. The van der Waals surface area contributed by atoms with Gasteiger partial charge in [0.25, 0.3) is 0 Å². The van der Waals surface area contributed by atoms with Crippen LogP contribution in [0.3, 0.4) is 0 Å². The molecule has 4 rings (SSSR count). The first-order valence-corrected chi connectivity index (χ1v) is 13.6. The number of rotatable bonds is 10. The molecule has 4 N–H and O–H groups in total. The summed E-state index contributed by atoms with van der Waals surface area (Å²) in [6.07, 6.45) is 6.47. The second-order valence-electron chi connectivity index (χ2n) is 10.5. The second-order valence-corrected chi connectivity index (χ2v) is 10.5. The number of hydrogen-bond acceptors (Lipinski definition) is 5. The Bertz CT molecular complexity index is 1100. The Hall–Kier alpha value is -3.19. The summed E-state index contributed by atoms with van der Waals surface area (Å²) in [5, 5.41) is 24.5. The number of phenols is 1. The number of carbonyl (C=O) groups excluding carboxylic acids is 2. The van der Waals surface area contributed by atoms with Gasteiger partial charge in [0.15, 0.2) is 0 Å². The van der Waals surface area contributed by atoms with E-state index in [-0.39, 0.29) is 41.9 Å². The number of nitrogens with zero attached hydrogens (tertiary/aromatic N) is 1. The van der Waals surface area contributed by atoms with Gasteiger partial charge < -0.3 is 26.0 Å². The molecule has 37 heavy (non-hydrogen) atoms. The SMILES string of the molecule is CCCN[C@H](Cc1ccccc1)C(=O)N1[C@H](C(=O)NCc2ccc(C(C)=N)c(O)c2)C[C@@H]2CCCC[C@@H]21. The van der Waals surface area contributed by atoms with E-state index in [0.717, 1.165) is 49.8 Å². The molecule has 0 unspecified atom stereocenters. The Morgan fingerprint density at radius 2 is 1.86 bits per heavy atom. The van der Waals surface area contributed by atoms with E-state index < -0.39 is 6.04 Å². The van der Waals surface area contributed by atoms with E-state index in [0.29, 0.717) is 24.3 Å². The van der Waals surface area contributed by atoms with Crippen LogP contribution in [-0.2, 0) is 22.6 Å². The predicted octanol–water partition coefficient (Wildman–Crippen LogP) is 4.17. The van der Waals surface area contributed by atoms with Crippen molar-refractivity contribution in [3.8, 4) is 5.75 Å². The molecule has 1 aliphatic carbocycles. The van der Waals surface area contributed by atoms with E-state index in [1.54, 1.807) is 19.1 Å². The third-order valence-electron chi connectivity index (χ3n) is 7.80. The smallest absolute Gasteiger partial charge is 0.243 e. The quantitative estimate of drug-likeness (QED) is 0.365. The lowest BCUT2D eigenvalue weighted by Crippen LogP contribution is -2.56. The zero-order valence-electron chi connectivity index (χ0n) is 22.0. The molecular formula is C30H40N4O3. The number of fused-ring (bicyclic) bond motifs is 1. The van der Waals surface area contributed by atoms with Crippen molar-refractivity contribution >= 4 is 17.5 Å². The summed E-state index contributed by atoms with van der Waals surface area (Å²) in [5.41, 5.74) is 2.64. The van der Waals surface area contributed by atoms with E-state index in [4.69, 9.17) is 5.41 Å². The number of phenolic OH excluding ortho intramolecular Hbond substituents is 1. The van der Waals surface area contributed by atoms with Crippen LogP contribution in [0.4, 0.5) is 0 Å². The van der Waals surface area contributed by atoms with Crippen molar-refractivity contribution in [3.63, 3.8) is 0 Å². The minimum absolute atomic E-state index is 0.0234. The summed E-state index contributed by atoms with van der Waals surface area (Å²) in [7, 11) is 0. The fourth-order valence-electron chi connectivity index (χ4n) is 5.92. The minimum Gasteiger partial charge on any atom is -0.507 e. The molecule has 2 fully saturated rings. The lowest BCUT2D eigenvalue weighted by molar-refractivity contribution is -0.142. The third kappa shape index (κ3) is 6.39. The molecule has 0 aromatic heterocycles. The Morgan fingerprint density at radius 3 is 2.57 bits per heavy atom. The first-order valence-electron chi connectivity index (χ1n) is 13.6. The van der Waals surface area contributed by atoms with Crippen molar-refractivity contribution in [1.82, 2.24) is 15.5 Å². The molecule has 1 heterocycles. The van der Waals surface area contributed by atoms with Crippen LogP contribution in [0.5, 0.6) is 5.75 Å². The highest BCUT2D eigenvalue weighted by Gasteiger charge is 2.48. The van der Waals surface area contributed by atoms with Crippen LogP contribution >= 0.6 is 0 Å². The van der Waals surface area contributed by atoms with Crippen LogP contribution in [0.25, 0.3) is 0 Å². The van der Waals surface area contributed by atoms with E-state index in [1.807, 2.05) is 41.3 Å². The molecule has 1 saturated heterocycles. The fourth-order valence-corrected chi connectivity index (χ4v) is 5.92. The fraction of sp³-hybridized carbons (Fsp3) is 0.500. The average molecular weight is 505 g/mol. The van der Waals surface area contributed by atoms with Gasteiger partial charge in [-0.1, -0.05) is 56.2 Å². The normalized spacial score (nSPS) is 21.8. The lowest BCUT2D eigenvalue weighted by atomic mass is 9.84. The second kappa shape index (κ2) is 12.4. The van der Waals surface area contributed by atoms with Gasteiger partial charge in [-0.3, -0.25) is 9.59 Å². The van der Waals surface area contributed by atoms with Gasteiger partial charge in [-0.25, -0.2) is 0 Å². The number of hydrogen-bond donors (Lipinski definition) is 4. The molecule has 7 heteroatoms. The molecule has 198 valence electrons. The van der Waals surface area contributed by atoms with Crippen molar-refractivity contribution in [2.45, 2.75) is 83.5 Å². The predicted molar refractivity (Wildman–Crippen MR) is 146 cm³/mol. The summed E-state index contributed by atoms with van der Waals surface area (Å²) in [5.74, 6) is 0.281. The topological polar surface area (TPSA) is 106 Å². The van der Waals surface area contributed by atoms with Gasteiger partial charge in [0, 0.05) is 23.9 Å². The van der Waals surface area contributed by atoms with E-state index in [1.165, 1.54) is 0 Å². The largest absolute Gasteiger partial charge is 0.507 e. The summed E-state index contributed by atoms with van der Waals surface area (Å²) >= 11 is 0. The van der Waals surface area contributed by atoms with Gasteiger partial charge in [0.1, 0.15) is 11.8 Å². The van der Waals surface area contributed by atoms with Crippen molar-refractivity contribution in [2.24, 2.45) is 5.92 Å². The molecular weight excluding hydrogens is 464 g/mol. The Labute approximate surface area is 220 Å². The number of carbonyl (C=O) groups is 2. The zero-order chi connectivity index (χ0) is 26.4. The van der Waals surface area contributed by atoms with E-state index in [2.05, 4.69) is 17.6 Å². The molecule has 0 radical (unpaired) electrons. The van der Waals surface area contributed by atoms with Crippen LogP contribution in [0.2, 0.25) is 0 Å². The monoisotopic (exact) mass is 504 g/mol. The van der Waals surface area contributed by atoms with Crippen molar-refractivity contribution in [2.75, 3.05) is 6.54 Å². The van der Waals surface area contributed by atoms with Gasteiger partial charge in [0.2, 0.25) is 11.8 Å². The van der Waals surface area contributed by atoms with Crippen LogP contribution < -0.4 is 10.6 Å². The Morgan fingerprint density at radius 1 is 1.11 bits per heavy atom. The molecule has 1 aliphatic heterocycles. The highest BCUT2D eigenvalue weighted by Crippen LogP contribution is 2.40. The number of aromatic hydroxyl groups is 1. The van der Waals surface area contributed by atoms with Crippen LogP contribution in [0.15, 0.2) is 48.5 Å². The number of likely N-dealkylation sites (tertiary alicyclic amines) is 1. The van der Waals surface area contributed by atoms with E-state index in [9.17, 15) is 14.7 Å². The molecule has 2 aromatic rings. The van der Waals surface area contributed by atoms with Gasteiger partial charge in [-0.2, -0.15) is 0 Å². The Balaban J connectivity index is 1.51. The summed E-state index contributed by atoms with van der Waals surface area (Å²) in [4.78, 5) is 29.5. The Kier molecular flexibility index (Phi) is 8.98. The molecule has 4 atom stereocenters. The maximum Gasteiger partial charge on any atom is 0.243 e. The maximum absolute atomic E-state index is 14.1. The number of nitrogens with one attached hydrogen (secondary N) is 3. The van der Waals surface area contributed by atoms with E-state index >= 15 is 0 Å². The first kappa shape index (κ1) is 26.9. The molecule has 7 nitrogen and oxygen atoms in total. The molecule has 0 bridgehead atoms. The zero-order valence-corrected chi connectivity index (χ0v) is 22.0. The lowest BCUT2D eigenvalue weighted by Gasteiger charge is -2.36. The molecule has 2 amide bonds. The van der Waals surface area contributed by atoms with Crippen molar-refractivity contribution in [3.05, 3.63) is 65.2 Å². The van der Waals surface area contributed by atoms with Crippen LogP contribution in [-0.4, -0.2) is 52.2 Å². The highest BCUT2D eigenvalue weighted by atomic mass is 16.3. The first-order chi connectivity index (χ1) is 17.9. The van der Waals surface area contributed by atoms with Crippen molar-refractivity contribution < 1.29 is 14.7 Å². The van der Waals surface area contributed by atoms with Crippen LogP contribution in [0, 0.1) is 11.3 Å². The maximum atomic E-state index is 14.1. The number of amides is 2. The van der Waals surface area contributed by atoms with Gasteiger partial charge in [-0.15, -0.1) is 0 Å². The molecule has 2 aromatic carbocycles. The van der Waals surface area contributed by atoms with Gasteiger partial charge in [-0.05, 0) is 74.8 Å².